The number of benzene rings is 2. The van der Waals surface area contributed by atoms with Crippen molar-refractivity contribution in [3.8, 4) is 0 Å². The fourth-order valence-electron chi connectivity index (χ4n) is 5.91. The summed E-state index contributed by atoms with van der Waals surface area (Å²) < 4.78 is 24.5. The Hall–Kier alpha value is -1.54. The molecule has 0 radical (unpaired) electrons. The second-order valence-corrected chi connectivity index (χ2v) is 16.0. The first-order valence-corrected chi connectivity index (χ1v) is 15.6. The number of rotatable bonds is 12. The zero-order valence-corrected chi connectivity index (χ0v) is 23.0. The lowest BCUT2D eigenvalue weighted by Gasteiger charge is -2.43. The van der Waals surface area contributed by atoms with Crippen LogP contribution < -0.4 is 10.4 Å². The quantitative estimate of drug-likeness (QED) is 0.343. The zero-order valence-electron chi connectivity index (χ0n) is 22.0. The molecule has 5 nitrogen and oxygen atoms in total. The van der Waals surface area contributed by atoms with Crippen LogP contribution in [0.3, 0.4) is 0 Å². The van der Waals surface area contributed by atoms with E-state index in [0.29, 0.717) is 24.9 Å². The fraction of sp³-hybridized carbons (Fsp3) is 0.600. The van der Waals surface area contributed by atoms with Gasteiger partial charge in [0.2, 0.25) is 0 Å². The Morgan fingerprint density at radius 2 is 1.47 bits per heavy atom. The van der Waals surface area contributed by atoms with Crippen LogP contribution in [0.4, 0.5) is 0 Å². The van der Waals surface area contributed by atoms with Crippen LogP contribution in [0.5, 0.6) is 0 Å². The van der Waals surface area contributed by atoms with Crippen molar-refractivity contribution >= 4 is 18.7 Å². The van der Waals surface area contributed by atoms with E-state index >= 15 is 0 Å². The molecule has 2 aromatic rings. The average molecular weight is 511 g/mol. The van der Waals surface area contributed by atoms with Crippen LogP contribution in [0.2, 0.25) is 5.04 Å². The topological polar surface area (TPSA) is 63.8 Å². The van der Waals surface area contributed by atoms with E-state index in [4.69, 9.17) is 18.6 Å². The van der Waals surface area contributed by atoms with Gasteiger partial charge in [0.05, 0.1) is 49.8 Å². The number of hydrogen-bond donors (Lipinski definition) is 1. The third kappa shape index (κ3) is 5.95. The van der Waals surface area contributed by atoms with Crippen LogP contribution in [0, 0.1) is 0 Å². The maximum Gasteiger partial charge on any atom is 0.261 e. The highest BCUT2D eigenvalue weighted by atomic mass is 28.4. The summed E-state index contributed by atoms with van der Waals surface area (Å²) in [7, 11) is -2.58. The van der Waals surface area contributed by atoms with Crippen molar-refractivity contribution in [1.82, 2.24) is 0 Å². The van der Waals surface area contributed by atoms with Gasteiger partial charge in [-0.15, -0.1) is 0 Å². The Morgan fingerprint density at radius 3 is 2.06 bits per heavy atom. The molecule has 3 heterocycles. The third-order valence-electron chi connectivity index (χ3n) is 8.08. The summed E-state index contributed by atoms with van der Waals surface area (Å²) in [6.45, 7) is 8.36. The first kappa shape index (κ1) is 26.1. The third-order valence-corrected chi connectivity index (χ3v) is 13.1. The van der Waals surface area contributed by atoms with Gasteiger partial charge >= 0.3 is 0 Å². The molecule has 196 valence electrons. The molecular weight excluding hydrogens is 468 g/mol. The summed E-state index contributed by atoms with van der Waals surface area (Å²) in [5.41, 5.74) is 0. The van der Waals surface area contributed by atoms with Crippen LogP contribution in [-0.2, 0) is 18.6 Å². The molecule has 0 aromatic heterocycles. The van der Waals surface area contributed by atoms with Gasteiger partial charge in [-0.3, -0.25) is 0 Å². The van der Waals surface area contributed by atoms with E-state index in [1.807, 2.05) is 0 Å². The predicted octanol–water partition coefficient (Wildman–Crippen LogP) is 4.20. The van der Waals surface area contributed by atoms with Crippen molar-refractivity contribution in [2.24, 2.45) is 0 Å². The zero-order chi connectivity index (χ0) is 25.2. The van der Waals surface area contributed by atoms with Crippen molar-refractivity contribution in [3.05, 3.63) is 60.7 Å². The molecule has 3 aliphatic heterocycles. The van der Waals surface area contributed by atoms with Gasteiger partial charge in [-0.05, 0) is 53.9 Å². The minimum absolute atomic E-state index is 0.00904. The van der Waals surface area contributed by atoms with E-state index in [9.17, 15) is 5.11 Å². The highest BCUT2D eigenvalue weighted by Crippen LogP contribution is 2.38. The minimum Gasteiger partial charge on any atom is -0.405 e. The van der Waals surface area contributed by atoms with Crippen LogP contribution in [0.1, 0.15) is 59.3 Å². The van der Waals surface area contributed by atoms with Gasteiger partial charge in [-0.2, -0.15) is 0 Å². The molecule has 3 fully saturated rings. The number of hydrogen-bond acceptors (Lipinski definition) is 5. The molecule has 0 saturated carbocycles. The molecule has 6 atom stereocenters. The summed E-state index contributed by atoms with van der Waals surface area (Å²) in [6.07, 6.45) is 6.18. The Labute approximate surface area is 217 Å². The molecule has 3 saturated heterocycles. The molecule has 2 aromatic carbocycles. The van der Waals surface area contributed by atoms with Gasteiger partial charge in [0, 0.05) is 0 Å². The number of ether oxygens (including phenoxy) is 3. The Morgan fingerprint density at radius 1 is 0.861 bits per heavy atom. The summed E-state index contributed by atoms with van der Waals surface area (Å²) in [5.74, 6) is 0. The van der Waals surface area contributed by atoms with Crippen molar-refractivity contribution in [2.75, 3.05) is 13.2 Å². The van der Waals surface area contributed by atoms with E-state index in [0.717, 1.165) is 45.1 Å². The van der Waals surface area contributed by atoms with Crippen molar-refractivity contribution in [3.63, 3.8) is 0 Å². The molecule has 1 N–H and O–H groups in total. The van der Waals surface area contributed by atoms with E-state index in [1.165, 1.54) is 10.4 Å². The first-order valence-electron chi connectivity index (χ1n) is 13.7. The maximum absolute atomic E-state index is 10.8. The lowest BCUT2D eigenvalue weighted by molar-refractivity contribution is -0.0499. The SMILES string of the molecule is CC(C)(C)[Si](OC[C@@H]1CC[C@@H]([C@H](O)CCC2OC2CC[C@@H]2CO2)O1)(c1ccccc1)c1ccccc1. The van der Waals surface area contributed by atoms with E-state index in [-0.39, 0.29) is 17.2 Å². The molecular formula is C30H42O5Si. The molecule has 0 spiro atoms. The molecule has 0 amide bonds. The van der Waals surface area contributed by atoms with Crippen LogP contribution in [-0.4, -0.2) is 63.3 Å². The number of aliphatic hydroxyl groups excluding tert-OH is 1. The molecule has 5 rings (SSSR count). The van der Waals surface area contributed by atoms with Crippen LogP contribution >= 0.6 is 0 Å². The fourth-order valence-corrected chi connectivity index (χ4v) is 10.5. The Kier molecular flexibility index (Phi) is 8.01. The van der Waals surface area contributed by atoms with Crippen molar-refractivity contribution < 1.29 is 23.7 Å². The van der Waals surface area contributed by atoms with E-state index < -0.39 is 14.4 Å². The summed E-state index contributed by atoms with van der Waals surface area (Å²) in [4.78, 5) is 0. The normalized spacial score (nSPS) is 28.7. The van der Waals surface area contributed by atoms with Crippen molar-refractivity contribution in [2.45, 2.75) is 101 Å². The number of aliphatic hydroxyl groups is 1. The maximum atomic E-state index is 10.8. The summed E-state index contributed by atoms with van der Waals surface area (Å²) in [5, 5.41) is 13.3. The first-order chi connectivity index (χ1) is 17.4. The minimum atomic E-state index is -2.58. The van der Waals surface area contributed by atoms with E-state index in [1.54, 1.807) is 0 Å². The monoisotopic (exact) mass is 510 g/mol. The lowest BCUT2D eigenvalue weighted by atomic mass is 10.0. The van der Waals surface area contributed by atoms with Gasteiger partial charge in [-0.1, -0.05) is 81.4 Å². The van der Waals surface area contributed by atoms with Crippen LogP contribution in [0.15, 0.2) is 60.7 Å². The molecule has 2 unspecified atom stereocenters. The highest BCUT2D eigenvalue weighted by molar-refractivity contribution is 6.99. The number of epoxide rings is 2. The van der Waals surface area contributed by atoms with Gasteiger partial charge in [-0.25, -0.2) is 0 Å². The molecule has 0 bridgehead atoms. The lowest BCUT2D eigenvalue weighted by Crippen LogP contribution is -2.67. The molecule has 6 heteroatoms. The Balaban J connectivity index is 1.18. The molecule has 0 aliphatic carbocycles. The highest BCUT2D eigenvalue weighted by Gasteiger charge is 2.50. The van der Waals surface area contributed by atoms with Gasteiger partial charge in [0.15, 0.2) is 0 Å². The largest absolute Gasteiger partial charge is 0.405 e. The van der Waals surface area contributed by atoms with Gasteiger partial charge in [0.25, 0.3) is 8.32 Å². The molecule has 36 heavy (non-hydrogen) atoms. The average Bonchev–Trinajstić information content (AvgIpc) is 3.80. The predicted molar refractivity (Wildman–Crippen MR) is 144 cm³/mol. The summed E-state index contributed by atoms with van der Waals surface area (Å²) in [6, 6.07) is 21.5. The molecule has 3 aliphatic rings. The Bertz CT molecular complexity index is 919. The summed E-state index contributed by atoms with van der Waals surface area (Å²) >= 11 is 0. The smallest absolute Gasteiger partial charge is 0.261 e. The van der Waals surface area contributed by atoms with Crippen LogP contribution in [0.25, 0.3) is 0 Å². The second-order valence-electron chi connectivity index (χ2n) is 11.7. The second kappa shape index (κ2) is 11.1. The standard InChI is InChI=1S/C30H42O5Si/c1-30(2,3)36(24-10-6-4-7-11-24,25-12-8-5-9-13-25)33-21-23-15-17-27(34-23)26(31)16-19-29-28(35-29)18-14-22-20-32-22/h4-13,22-23,26-29,31H,14-21H2,1-3H3/t22-,23+,26-,27+,28?,29?/m1/s1. The van der Waals surface area contributed by atoms with Gasteiger partial charge < -0.3 is 23.7 Å². The van der Waals surface area contributed by atoms with Gasteiger partial charge in [0.1, 0.15) is 0 Å². The van der Waals surface area contributed by atoms with Crippen molar-refractivity contribution in [1.29, 1.82) is 0 Å². The van der Waals surface area contributed by atoms with E-state index in [2.05, 4.69) is 81.4 Å².